The zero-order chi connectivity index (χ0) is 61.3. The number of halogens is 28. The first-order valence-electron chi connectivity index (χ1n) is 17.0. The van der Waals surface area contributed by atoms with Gasteiger partial charge in [0.1, 0.15) is 76.6 Å². The summed E-state index contributed by atoms with van der Waals surface area (Å²) in [5.74, 6) is -9.36. The van der Waals surface area contributed by atoms with Gasteiger partial charge in [-0.25, -0.2) is 47.5 Å². The predicted octanol–water partition coefficient (Wildman–Crippen LogP) is 23.5. The Balaban J connectivity index is -0.000000208. The minimum absolute atomic E-state index is 0. The van der Waals surface area contributed by atoms with Crippen LogP contribution in [0, 0.1) is 115 Å². The van der Waals surface area contributed by atoms with E-state index in [1.54, 1.807) is 18.2 Å². The van der Waals surface area contributed by atoms with E-state index in [1.165, 1.54) is 18.2 Å². The zero-order valence-corrected chi connectivity index (χ0v) is 51.0. The molecule has 0 aliphatic rings. The van der Waals surface area contributed by atoms with Crippen LogP contribution in [0.5, 0.6) is 0 Å². The molecule has 0 unspecified atom stereocenters. The van der Waals surface area contributed by atoms with E-state index in [1.807, 2.05) is 0 Å². The molecule has 6 rings (SSSR count). The second-order valence-corrected chi connectivity index (χ2v) is 30.7. The molecule has 83 heavy (non-hydrogen) atoms. The van der Waals surface area contributed by atoms with Gasteiger partial charge in [-0.15, -0.1) is 0 Å². The molecule has 0 spiro atoms. The molecule has 452 valence electrons. The van der Waals surface area contributed by atoms with Crippen molar-refractivity contribution in [3.63, 3.8) is 0 Å². The van der Waals surface area contributed by atoms with E-state index in [-0.39, 0.29) is 105 Å². The van der Waals surface area contributed by atoms with Gasteiger partial charge in [0.2, 0.25) is 17.8 Å². The van der Waals surface area contributed by atoms with Gasteiger partial charge < -0.3 is 0 Å². The molecule has 0 fully saturated rings. The van der Waals surface area contributed by atoms with E-state index in [4.69, 9.17) is 268 Å². The van der Waals surface area contributed by atoms with Crippen LogP contribution in [0.2, 0.25) is 80.6 Å². The Bertz CT molecular complexity index is 2980. The molecule has 0 saturated carbocycles. The van der Waals surface area contributed by atoms with E-state index in [0.717, 1.165) is 0 Å². The van der Waals surface area contributed by atoms with Crippen LogP contribution in [-0.2, 0) is 0 Å². The average Bonchev–Trinajstić information content (AvgIpc) is 3.39. The van der Waals surface area contributed by atoms with Gasteiger partial charge in [0.15, 0.2) is 67.7 Å². The molecule has 0 aliphatic carbocycles. The summed E-state index contributed by atoms with van der Waals surface area (Å²) in [6, 6.07) is 9.12. The van der Waals surface area contributed by atoms with Gasteiger partial charge in [-0.1, -0.05) is 223 Å². The SMILES string of the molecule is C.C.C.C.C.N#Cc1nc(Cl)c(Cl)c(Cl)c1Cl.N#Cc1nc(Cl)c(Cl)c(F)c1Cl.N#Cc1nc(F)c(Cl)c(Cl)c1Cl.N#Cc1nc(F)c(Cl)c(Cl)c1F.N#Cc1nc(F)c(Cl)c(F)c1Cl.N#Cc1nc(F)c(F)c(Cl)c1Cl.NP(Cl)(Cl)(Cl)Cl. The van der Waals surface area contributed by atoms with Crippen molar-refractivity contribution in [2.75, 3.05) is 0 Å². The number of hydrogen-bond donors (Lipinski definition) is 1. The van der Waals surface area contributed by atoms with Gasteiger partial charge in [-0.05, 0) is 0 Å². The second kappa shape index (κ2) is 40.8. The minimum atomic E-state index is -3.66. The van der Waals surface area contributed by atoms with Crippen LogP contribution in [0.3, 0.4) is 0 Å². The first-order valence-corrected chi connectivity index (χ1v) is 29.0. The number of nitrogens with zero attached hydrogens (tertiary/aromatic N) is 12. The maximum absolute atomic E-state index is 12.9. The van der Waals surface area contributed by atoms with E-state index in [2.05, 4.69) is 29.9 Å². The Labute approximate surface area is 566 Å². The van der Waals surface area contributed by atoms with Crippen molar-refractivity contribution in [1.82, 2.24) is 29.9 Å². The molecule has 2 N–H and O–H groups in total. The first-order chi connectivity index (χ1) is 35.7. The summed E-state index contributed by atoms with van der Waals surface area (Å²) >= 11 is 106. The van der Waals surface area contributed by atoms with Crippen LogP contribution < -0.4 is 5.50 Å². The molecule has 0 radical (unpaired) electrons. The molecule has 6 aromatic rings. The Hall–Kier alpha value is -2.53. The Morgan fingerprint density at radius 1 is 0.265 bits per heavy atom. The summed E-state index contributed by atoms with van der Waals surface area (Å²) in [6.45, 7) is 0. The summed E-state index contributed by atoms with van der Waals surface area (Å²) in [4.78, 5) is 19.1. The molecule has 0 atom stereocenters. The van der Waals surface area contributed by atoms with Crippen LogP contribution in [0.4, 0.5) is 35.1 Å². The topological polar surface area (TPSA) is 246 Å². The summed E-state index contributed by atoms with van der Waals surface area (Å²) in [5, 5.41) is 44.9. The summed E-state index contributed by atoms with van der Waals surface area (Å²) < 4.78 is 97.5. The quantitative estimate of drug-likeness (QED) is 0.0845. The average molecular weight is 1590 g/mol. The molecule has 6 heterocycles. The maximum atomic E-state index is 12.9. The fourth-order valence-corrected chi connectivity index (χ4v) is 6.19. The van der Waals surface area contributed by atoms with Gasteiger partial charge in [-0.2, -0.15) is 49.1 Å². The number of pyridine rings is 6. The van der Waals surface area contributed by atoms with Crippen LogP contribution in [0.1, 0.15) is 71.3 Å². The van der Waals surface area contributed by atoms with Crippen LogP contribution >= 0.6 is 235 Å². The Kier molecular flexibility index (Phi) is 45.1. The number of nitrogens with two attached hydrogens (primary N) is 1. The molecule has 42 heteroatoms. The molecular weight excluding hydrogens is 1570 g/mol. The van der Waals surface area contributed by atoms with Crippen LogP contribution in [0.15, 0.2) is 0 Å². The van der Waals surface area contributed by atoms with Crippen molar-refractivity contribution in [3.05, 3.63) is 162 Å². The molecule has 6 aromatic heterocycles. The van der Waals surface area contributed by atoms with Gasteiger partial charge in [0, 0.05) is 0 Å². The van der Waals surface area contributed by atoms with Gasteiger partial charge in [0.25, 0.3) is 5.95 Å². The first kappa shape index (κ1) is 91.6. The summed E-state index contributed by atoms with van der Waals surface area (Å²) in [6.07, 6.45) is 0. The Morgan fingerprint density at radius 3 is 0.855 bits per heavy atom. The normalized spacial score (nSPS) is 9.70. The van der Waals surface area contributed by atoms with Crippen LogP contribution in [0.25, 0.3) is 0 Å². The summed E-state index contributed by atoms with van der Waals surface area (Å²) in [5.41, 5.74) is 2.56. The zero-order valence-electron chi connectivity index (χ0n) is 35.0. The molecule has 0 saturated heterocycles. The van der Waals surface area contributed by atoms with Gasteiger partial charge in [0.05, 0.1) is 30.1 Å². The van der Waals surface area contributed by atoms with Crippen molar-refractivity contribution in [2.45, 2.75) is 37.1 Å². The molecule has 0 bridgehead atoms. The van der Waals surface area contributed by atoms with Gasteiger partial charge >= 0.3 is 54.6 Å². The van der Waals surface area contributed by atoms with E-state index in [0.29, 0.717) is 0 Å². The number of aromatic nitrogens is 6. The Morgan fingerprint density at radius 2 is 0.494 bits per heavy atom. The number of hydrogen-bond acceptors (Lipinski definition) is 13. The third kappa shape index (κ3) is 28.5. The van der Waals surface area contributed by atoms with Crippen molar-refractivity contribution < 1.29 is 35.1 Å². The van der Waals surface area contributed by atoms with E-state index < -0.39 is 98.4 Å². The third-order valence-corrected chi connectivity index (χ3v) is 12.8. The van der Waals surface area contributed by atoms with Gasteiger partial charge in [-0.3, -0.25) is 0 Å². The van der Waals surface area contributed by atoms with Crippen molar-refractivity contribution >= 4 is 235 Å². The van der Waals surface area contributed by atoms with Crippen LogP contribution in [-0.4, -0.2) is 29.9 Å². The van der Waals surface area contributed by atoms with Crippen molar-refractivity contribution in [2.24, 2.45) is 5.50 Å². The van der Waals surface area contributed by atoms with E-state index in [9.17, 15) is 35.1 Å². The second-order valence-electron chi connectivity index (χ2n) is 11.6. The molecule has 0 aromatic carbocycles. The fourth-order valence-electron chi connectivity index (χ4n) is 3.37. The molecule has 0 aliphatic heterocycles. The van der Waals surface area contributed by atoms with E-state index >= 15 is 0 Å². The third-order valence-electron chi connectivity index (χ3n) is 6.54. The molecule has 13 nitrogen and oxygen atoms in total. The fraction of sp³-hybridized carbons (Fsp3) is 0.122. The predicted molar refractivity (Wildman–Crippen MR) is 322 cm³/mol. The number of rotatable bonds is 0. The van der Waals surface area contributed by atoms with Crippen molar-refractivity contribution in [1.29, 1.82) is 31.6 Å². The standard InChI is InChI=1S/C6Cl4N2.2C6Cl3FN2.3C6Cl2F2N2.5CH4.Cl4H2NP/c7-3-2(1-11)12-6(10)5(9)4(3)8;7-3-2(1-11)12-6(9)4(8)5(3)10;7-3-2(1-11)12-6(10)5(9)4(3)8;7-3-4(8)6(10)12-2(1-11)5(3)9;7-3-2(1-11)12-6(10)4(8)5(3)9;7-3-2(1-11)12-6(10)5(9)4(3)8;;;;;;1-6(2,3,4)5/h;;;;;;5*1H4;5H2. The van der Waals surface area contributed by atoms with Crippen molar-refractivity contribution in [3.8, 4) is 36.4 Å². The summed E-state index contributed by atoms with van der Waals surface area (Å²) in [7, 11) is 0. The molecular formula is C41H22Cl20F8N13P. The monoisotopic (exact) mass is 1580 g/mol. The number of nitriles is 6. The molecule has 0 amide bonds.